The van der Waals surface area contributed by atoms with Crippen molar-refractivity contribution in [2.24, 2.45) is 22.7 Å². The zero-order chi connectivity index (χ0) is 15.8. The molecule has 4 heteroatoms. The Balaban J connectivity index is 1.88. The predicted octanol–water partition coefficient (Wildman–Crippen LogP) is 2.23. The third kappa shape index (κ3) is 1.30. The predicted molar refractivity (Wildman–Crippen MR) is 81.0 cm³/mol. The highest BCUT2D eigenvalue weighted by molar-refractivity contribution is 5.98. The fraction of sp³-hybridized carbons (Fsp3) is 0.722. The SMILES string of the molecule is C=CCC12CCC34C(=O)C(OC)(OC)C(C=C3C1O)CC4C2. The van der Waals surface area contributed by atoms with Gasteiger partial charge in [-0.1, -0.05) is 12.2 Å². The zero-order valence-corrected chi connectivity index (χ0v) is 13.3. The van der Waals surface area contributed by atoms with Crippen LogP contribution in [0.2, 0.25) is 0 Å². The van der Waals surface area contributed by atoms with Crippen molar-refractivity contribution in [3.8, 4) is 0 Å². The van der Waals surface area contributed by atoms with Crippen molar-refractivity contribution in [1.82, 2.24) is 0 Å². The van der Waals surface area contributed by atoms with Crippen LogP contribution < -0.4 is 0 Å². The second-order valence-electron chi connectivity index (χ2n) is 7.50. The molecule has 4 fully saturated rings. The van der Waals surface area contributed by atoms with E-state index in [9.17, 15) is 9.90 Å². The number of hydrogen-bond donors (Lipinski definition) is 1. The van der Waals surface area contributed by atoms with Crippen molar-refractivity contribution >= 4 is 5.78 Å². The van der Waals surface area contributed by atoms with E-state index in [0.717, 1.165) is 37.7 Å². The number of allylic oxidation sites excluding steroid dienone is 1. The third-order valence-corrected chi connectivity index (χ3v) is 7.04. The quantitative estimate of drug-likeness (QED) is 0.639. The van der Waals surface area contributed by atoms with Gasteiger partial charge in [0, 0.05) is 25.6 Å². The van der Waals surface area contributed by atoms with E-state index in [0.29, 0.717) is 5.92 Å². The number of hydrogen-bond acceptors (Lipinski definition) is 4. The smallest absolute Gasteiger partial charge is 0.235 e. The van der Waals surface area contributed by atoms with E-state index in [1.165, 1.54) is 0 Å². The second-order valence-corrected chi connectivity index (χ2v) is 7.50. The highest BCUT2D eigenvalue weighted by Gasteiger charge is 2.74. The summed E-state index contributed by atoms with van der Waals surface area (Å²) in [5.41, 5.74) is 0.261. The molecule has 6 aliphatic carbocycles. The highest BCUT2D eigenvalue weighted by atomic mass is 16.7. The fourth-order valence-electron chi connectivity index (χ4n) is 6.07. The van der Waals surface area contributed by atoms with Crippen LogP contribution in [0.1, 0.15) is 32.1 Å². The number of fused-ring (bicyclic) bond motifs is 2. The van der Waals surface area contributed by atoms with Crippen LogP contribution in [0.5, 0.6) is 0 Å². The number of Topliss-reactive ketones (excluding diaryl/α,β-unsaturated/α-hetero) is 1. The molecule has 0 radical (unpaired) electrons. The van der Waals surface area contributed by atoms with E-state index in [2.05, 4.69) is 12.7 Å². The van der Waals surface area contributed by atoms with Gasteiger partial charge in [0.15, 0.2) is 0 Å². The Hall–Kier alpha value is -0.970. The van der Waals surface area contributed by atoms with Crippen LogP contribution in [0.3, 0.4) is 0 Å². The lowest BCUT2D eigenvalue weighted by Gasteiger charge is -2.68. The number of rotatable bonds is 4. The summed E-state index contributed by atoms with van der Waals surface area (Å²) in [6.45, 7) is 3.87. The number of carbonyl (C=O) groups excluding carboxylic acids is 1. The summed E-state index contributed by atoms with van der Waals surface area (Å²) >= 11 is 0. The standard InChI is InChI=1S/C18H24O4/c1-4-5-16-6-7-17-12(10-16)8-11(9-13(17)14(16)19)18(21-2,22-3)15(17)20/h4,9,11-12,14,19H,1,5-8,10H2,2-3H3. The van der Waals surface area contributed by atoms with Gasteiger partial charge in [0.2, 0.25) is 11.6 Å². The molecule has 120 valence electrons. The lowest BCUT2D eigenvalue weighted by molar-refractivity contribution is -0.263. The maximum atomic E-state index is 13.3. The summed E-state index contributed by atoms with van der Waals surface area (Å²) in [4.78, 5) is 13.3. The van der Waals surface area contributed by atoms with Crippen molar-refractivity contribution in [3.05, 3.63) is 24.3 Å². The molecule has 0 aromatic carbocycles. The lowest BCUT2D eigenvalue weighted by atomic mass is 9.37. The largest absolute Gasteiger partial charge is 0.388 e. The normalized spacial score (nSPS) is 47.5. The van der Waals surface area contributed by atoms with Crippen LogP contribution in [0.4, 0.5) is 0 Å². The van der Waals surface area contributed by atoms with Crippen molar-refractivity contribution < 1.29 is 19.4 Å². The molecule has 5 unspecified atom stereocenters. The minimum absolute atomic E-state index is 0.0368. The molecule has 6 rings (SSSR count). The molecule has 0 saturated heterocycles. The summed E-state index contributed by atoms with van der Waals surface area (Å²) in [5, 5.41) is 11.0. The Bertz CT molecular complexity index is 576. The number of aliphatic hydroxyl groups is 1. The van der Waals surface area contributed by atoms with Crippen molar-refractivity contribution in [2.45, 2.75) is 44.0 Å². The molecular weight excluding hydrogens is 280 g/mol. The zero-order valence-electron chi connectivity index (χ0n) is 13.3. The summed E-state index contributed by atoms with van der Waals surface area (Å²) in [6.07, 6.45) is 7.77. The Morgan fingerprint density at radius 2 is 2.14 bits per heavy atom. The van der Waals surface area contributed by atoms with Crippen LogP contribution >= 0.6 is 0 Å². The number of ether oxygens (including phenoxy) is 2. The van der Waals surface area contributed by atoms with Crippen LogP contribution in [0, 0.1) is 22.7 Å². The van der Waals surface area contributed by atoms with Gasteiger partial charge in [0.05, 0.1) is 11.5 Å². The maximum absolute atomic E-state index is 13.3. The molecule has 0 amide bonds. The molecule has 6 aliphatic rings. The topological polar surface area (TPSA) is 55.8 Å². The van der Waals surface area contributed by atoms with Crippen LogP contribution in [-0.4, -0.2) is 37.0 Å². The number of ketones is 1. The van der Waals surface area contributed by atoms with Crippen molar-refractivity contribution in [1.29, 1.82) is 0 Å². The minimum atomic E-state index is -1.16. The molecule has 4 saturated carbocycles. The first-order valence-corrected chi connectivity index (χ1v) is 8.17. The number of methoxy groups -OCH3 is 2. The summed E-state index contributed by atoms with van der Waals surface area (Å²) < 4.78 is 11.2. The maximum Gasteiger partial charge on any atom is 0.235 e. The lowest BCUT2D eigenvalue weighted by Crippen LogP contribution is -2.72. The first-order valence-electron chi connectivity index (χ1n) is 8.17. The number of aliphatic hydroxyl groups excluding tert-OH is 1. The monoisotopic (exact) mass is 304 g/mol. The molecule has 1 N–H and O–H groups in total. The molecule has 5 atom stereocenters. The van der Waals surface area contributed by atoms with Gasteiger partial charge < -0.3 is 14.6 Å². The second kappa shape index (κ2) is 4.31. The first-order chi connectivity index (χ1) is 10.5. The Morgan fingerprint density at radius 3 is 2.77 bits per heavy atom. The van der Waals surface area contributed by atoms with E-state index in [4.69, 9.17) is 9.47 Å². The molecule has 1 spiro atoms. The van der Waals surface area contributed by atoms with Gasteiger partial charge in [-0.15, -0.1) is 6.58 Å². The molecule has 5 bridgehead atoms. The van der Waals surface area contributed by atoms with Gasteiger partial charge in [-0.2, -0.15) is 0 Å². The van der Waals surface area contributed by atoms with Crippen LogP contribution in [-0.2, 0) is 14.3 Å². The van der Waals surface area contributed by atoms with E-state index in [-0.39, 0.29) is 17.1 Å². The van der Waals surface area contributed by atoms with Gasteiger partial charge in [-0.3, -0.25) is 4.79 Å². The highest BCUT2D eigenvalue weighted by Crippen LogP contribution is 2.71. The molecule has 0 aliphatic heterocycles. The average molecular weight is 304 g/mol. The van der Waals surface area contributed by atoms with E-state index < -0.39 is 17.3 Å². The summed E-state index contributed by atoms with van der Waals surface area (Å²) in [5.74, 6) is -0.906. The molecule has 22 heavy (non-hydrogen) atoms. The summed E-state index contributed by atoms with van der Waals surface area (Å²) in [6, 6.07) is 0. The van der Waals surface area contributed by atoms with Gasteiger partial charge in [-0.25, -0.2) is 0 Å². The fourth-order valence-corrected chi connectivity index (χ4v) is 6.07. The molecule has 0 aromatic rings. The third-order valence-electron chi connectivity index (χ3n) is 7.04. The van der Waals surface area contributed by atoms with Crippen molar-refractivity contribution in [3.63, 3.8) is 0 Å². The first kappa shape index (κ1) is 14.6. The van der Waals surface area contributed by atoms with Crippen LogP contribution in [0.25, 0.3) is 0 Å². The number of carbonyl (C=O) groups is 1. The molecule has 0 aromatic heterocycles. The Kier molecular flexibility index (Phi) is 2.86. The van der Waals surface area contributed by atoms with E-state index >= 15 is 0 Å². The van der Waals surface area contributed by atoms with Gasteiger partial charge in [0.25, 0.3) is 0 Å². The summed E-state index contributed by atoms with van der Waals surface area (Å²) in [7, 11) is 3.10. The molecule has 0 heterocycles. The minimum Gasteiger partial charge on any atom is -0.388 e. The van der Waals surface area contributed by atoms with E-state index in [1.807, 2.05) is 6.08 Å². The Morgan fingerprint density at radius 1 is 1.41 bits per heavy atom. The van der Waals surface area contributed by atoms with E-state index in [1.54, 1.807) is 14.2 Å². The van der Waals surface area contributed by atoms with Crippen molar-refractivity contribution in [2.75, 3.05) is 14.2 Å². The van der Waals surface area contributed by atoms with Crippen LogP contribution in [0.15, 0.2) is 24.3 Å². The van der Waals surface area contributed by atoms with Gasteiger partial charge >= 0.3 is 0 Å². The Labute approximate surface area is 131 Å². The van der Waals surface area contributed by atoms with Gasteiger partial charge in [-0.05, 0) is 43.6 Å². The van der Waals surface area contributed by atoms with Gasteiger partial charge in [0.1, 0.15) is 0 Å². The average Bonchev–Trinajstić information content (AvgIpc) is 2.53. The molecule has 4 nitrogen and oxygen atoms in total. The molecular formula is C18H24O4.